The third-order valence-corrected chi connectivity index (χ3v) is 3.91. The zero-order chi connectivity index (χ0) is 14.7. The van der Waals surface area contributed by atoms with E-state index >= 15 is 0 Å². The van der Waals surface area contributed by atoms with Gasteiger partial charge in [-0.1, -0.05) is 36.4 Å². The Bertz CT molecular complexity index is 791. The number of fused-ring (bicyclic) bond motifs is 1. The van der Waals surface area contributed by atoms with E-state index < -0.39 is 0 Å². The standard InChI is InChI=1S/C16H11IN2O2/c17-13-7-3-1-6-12(13)10-18-19-16(20)15-9-11-5-2-4-8-14(11)21-15/h1-10H,(H,19,20)/b18-10+. The second-order valence-corrected chi connectivity index (χ2v) is 5.53. The molecule has 0 fully saturated rings. The summed E-state index contributed by atoms with van der Waals surface area (Å²) in [6.45, 7) is 0. The molecule has 5 heteroatoms. The summed E-state index contributed by atoms with van der Waals surface area (Å²) in [6, 6.07) is 17.0. The van der Waals surface area contributed by atoms with Crippen molar-refractivity contribution in [1.29, 1.82) is 0 Å². The number of para-hydroxylation sites is 1. The number of hydrogen-bond donors (Lipinski definition) is 1. The fraction of sp³-hybridized carbons (Fsp3) is 0. The van der Waals surface area contributed by atoms with Crippen LogP contribution in [0.3, 0.4) is 0 Å². The van der Waals surface area contributed by atoms with Gasteiger partial charge in [-0.3, -0.25) is 4.79 Å². The number of rotatable bonds is 3. The smallest absolute Gasteiger partial charge is 0.307 e. The molecule has 1 N–H and O–H groups in total. The molecule has 1 amide bonds. The maximum absolute atomic E-state index is 12.0. The van der Waals surface area contributed by atoms with Gasteiger partial charge < -0.3 is 4.42 Å². The molecule has 2 aromatic carbocycles. The highest BCUT2D eigenvalue weighted by Gasteiger charge is 2.10. The van der Waals surface area contributed by atoms with Crippen LogP contribution in [0.2, 0.25) is 0 Å². The molecule has 0 radical (unpaired) electrons. The summed E-state index contributed by atoms with van der Waals surface area (Å²) in [6.07, 6.45) is 1.61. The molecule has 0 aliphatic carbocycles. The highest BCUT2D eigenvalue weighted by molar-refractivity contribution is 14.1. The first-order valence-corrected chi connectivity index (χ1v) is 7.38. The molecule has 0 unspecified atom stereocenters. The molecule has 104 valence electrons. The van der Waals surface area contributed by atoms with Gasteiger partial charge in [0.05, 0.1) is 6.21 Å². The molecule has 0 saturated heterocycles. The number of hydrogen-bond acceptors (Lipinski definition) is 3. The zero-order valence-electron chi connectivity index (χ0n) is 10.9. The molecule has 0 aliphatic rings. The first kappa shape index (κ1) is 13.8. The Morgan fingerprint density at radius 1 is 1.14 bits per heavy atom. The Morgan fingerprint density at radius 3 is 2.71 bits per heavy atom. The van der Waals surface area contributed by atoms with Crippen LogP contribution in [0.25, 0.3) is 11.0 Å². The van der Waals surface area contributed by atoms with Crippen LogP contribution in [0, 0.1) is 3.57 Å². The number of carbonyl (C=O) groups excluding carboxylic acids is 1. The SMILES string of the molecule is O=C(N/N=C/c1ccccc1I)c1cc2ccccc2o1. The largest absolute Gasteiger partial charge is 0.451 e. The van der Waals surface area contributed by atoms with Crippen molar-refractivity contribution in [1.82, 2.24) is 5.43 Å². The van der Waals surface area contributed by atoms with Gasteiger partial charge in [0.1, 0.15) is 5.58 Å². The number of furan rings is 1. The van der Waals surface area contributed by atoms with Gasteiger partial charge in [-0.25, -0.2) is 5.43 Å². The van der Waals surface area contributed by atoms with Gasteiger partial charge in [-0.05, 0) is 40.8 Å². The van der Waals surface area contributed by atoms with Crippen molar-refractivity contribution < 1.29 is 9.21 Å². The summed E-state index contributed by atoms with van der Waals surface area (Å²) < 4.78 is 6.54. The normalized spacial score (nSPS) is 11.1. The van der Waals surface area contributed by atoms with Crippen molar-refractivity contribution in [3.8, 4) is 0 Å². The maximum Gasteiger partial charge on any atom is 0.307 e. The third-order valence-electron chi connectivity index (χ3n) is 2.92. The van der Waals surface area contributed by atoms with Crippen molar-refractivity contribution in [3.05, 3.63) is 69.5 Å². The third kappa shape index (κ3) is 3.13. The number of benzene rings is 2. The van der Waals surface area contributed by atoms with Crippen LogP contribution >= 0.6 is 22.6 Å². The highest BCUT2D eigenvalue weighted by atomic mass is 127. The van der Waals surface area contributed by atoms with Crippen LogP contribution in [-0.4, -0.2) is 12.1 Å². The van der Waals surface area contributed by atoms with E-state index in [0.717, 1.165) is 14.5 Å². The van der Waals surface area contributed by atoms with E-state index in [4.69, 9.17) is 4.42 Å². The second-order valence-electron chi connectivity index (χ2n) is 4.37. The van der Waals surface area contributed by atoms with Crippen LogP contribution in [-0.2, 0) is 0 Å². The van der Waals surface area contributed by atoms with Crippen LogP contribution in [0.15, 0.2) is 64.1 Å². The zero-order valence-corrected chi connectivity index (χ0v) is 13.1. The molecule has 21 heavy (non-hydrogen) atoms. The van der Waals surface area contributed by atoms with Crippen molar-refractivity contribution in [2.24, 2.45) is 5.10 Å². The minimum atomic E-state index is -0.367. The molecule has 1 heterocycles. The summed E-state index contributed by atoms with van der Waals surface area (Å²) in [7, 11) is 0. The van der Waals surface area contributed by atoms with Crippen molar-refractivity contribution in [2.45, 2.75) is 0 Å². The lowest BCUT2D eigenvalue weighted by Crippen LogP contribution is -2.16. The highest BCUT2D eigenvalue weighted by Crippen LogP contribution is 2.18. The number of nitrogens with one attached hydrogen (secondary N) is 1. The molecule has 0 saturated carbocycles. The van der Waals surface area contributed by atoms with E-state index in [1.54, 1.807) is 12.3 Å². The molecular formula is C16H11IN2O2. The Labute approximate surface area is 135 Å². The molecule has 0 atom stereocenters. The summed E-state index contributed by atoms with van der Waals surface area (Å²) in [5.41, 5.74) is 4.10. The Kier molecular flexibility index (Phi) is 4.01. The van der Waals surface area contributed by atoms with Gasteiger partial charge in [-0.15, -0.1) is 0 Å². The van der Waals surface area contributed by atoms with Crippen LogP contribution in [0.4, 0.5) is 0 Å². The van der Waals surface area contributed by atoms with E-state index in [1.807, 2.05) is 48.5 Å². The van der Waals surface area contributed by atoms with Crippen molar-refractivity contribution in [2.75, 3.05) is 0 Å². The van der Waals surface area contributed by atoms with E-state index in [0.29, 0.717) is 5.58 Å². The molecule has 4 nitrogen and oxygen atoms in total. The minimum Gasteiger partial charge on any atom is -0.451 e. The predicted molar refractivity (Wildman–Crippen MR) is 90.4 cm³/mol. The monoisotopic (exact) mass is 390 g/mol. The molecule has 0 aliphatic heterocycles. The summed E-state index contributed by atoms with van der Waals surface area (Å²) in [5.74, 6) is -0.121. The van der Waals surface area contributed by atoms with Crippen LogP contribution in [0.1, 0.15) is 16.1 Å². The number of hydrazone groups is 1. The first-order valence-electron chi connectivity index (χ1n) is 6.30. The number of carbonyl (C=O) groups is 1. The lowest BCUT2D eigenvalue weighted by atomic mass is 10.2. The van der Waals surface area contributed by atoms with Crippen LogP contribution < -0.4 is 5.43 Å². The van der Waals surface area contributed by atoms with E-state index in [9.17, 15) is 4.79 Å². The predicted octanol–water partition coefficient (Wildman–Crippen LogP) is 3.80. The average Bonchev–Trinajstić information content (AvgIpc) is 2.93. The number of nitrogens with zero attached hydrogens (tertiary/aromatic N) is 1. The van der Waals surface area contributed by atoms with Crippen molar-refractivity contribution in [3.63, 3.8) is 0 Å². The van der Waals surface area contributed by atoms with E-state index in [2.05, 4.69) is 33.1 Å². The van der Waals surface area contributed by atoms with Gasteiger partial charge in [-0.2, -0.15) is 5.10 Å². The Hall–Kier alpha value is -2.15. The molecule has 3 rings (SSSR count). The molecular weight excluding hydrogens is 379 g/mol. The van der Waals surface area contributed by atoms with E-state index in [-0.39, 0.29) is 11.7 Å². The fourth-order valence-electron chi connectivity index (χ4n) is 1.89. The molecule has 3 aromatic rings. The van der Waals surface area contributed by atoms with E-state index in [1.165, 1.54) is 0 Å². The average molecular weight is 390 g/mol. The molecule has 0 spiro atoms. The molecule has 0 bridgehead atoms. The number of amides is 1. The maximum atomic E-state index is 12.0. The van der Waals surface area contributed by atoms with Gasteiger partial charge in [0.15, 0.2) is 5.76 Å². The summed E-state index contributed by atoms with van der Waals surface area (Å²) >= 11 is 2.22. The summed E-state index contributed by atoms with van der Waals surface area (Å²) in [4.78, 5) is 12.0. The quantitative estimate of drug-likeness (QED) is 0.420. The van der Waals surface area contributed by atoms with Crippen molar-refractivity contribution >= 4 is 45.7 Å². The first-order chi connectivity index (χ1) is 10.2. The van der Waals surface area contributed by atoms with Gasteiger partial charge >= 0.3 is 5.91 Å². The van der Waals surface area contributed by atoms with Gasteiger partial charge in [0.25, 0.3) is 0 Å². The fourth-order valence-corrected chi connectivity index (χ4v) is 2.42. The topological polar surface area (TPSA) is 54.6 Å². The van der Waals surface area contributed by atoms with Gasteiger partial charge in [0.2, 0.25) is 0 Å². The summed E-state index contributed by atoms with van der Waals surface area (Å²) in [5, 5.41) is 4.85. The van der Waals surface area contributed by atoms with Gasteiger partial charge in [0, 0.05) is 14.5 Å². The second kappa shape index (κ2) is 6.09. The Morgan fingerprint density at radius 2 is 1.90 bits per heavy atom. The minimum absolute atomic E-state index is 0.246. The van der Waals surface area contributed by atoms with Crippen LogP contribution in [0.5, 0.6) is 0 Å². The Balaban J connectivity index is 1.73. The molecule has 1 aromatic heterocycles. The lowest BCUT2D eigenvalue weighted by molar-refractivity contribution is 0.0929. The lowest BCUT2D eigenvalue weighted by Gasteiger charge is -1.97. The number of halogens is 1.